The standard InChI is InChI=1S/C27H27N3O3/c1-3-32-27(31)14-20-16-33-25-12-11-19(13-22(20)25)24-15-26(29-17(2)28-24)30-23-10-6-8-18-7-4-5-9-21(18)23/h4-5,7,9,11-13,15-16,23H,3,6,8,10,14H2,1-2H3,(H,28,29,30)/t23-/m1/s1. The van der Waals surface area contributed by atoms with Crippen LogP contribution in [0, 0.1) is 6.92 Å². The fraction of sp³-hybridized carbons (Fsp3) is 0.296. The van der Waals surface area contributed by atoms with Gasteiger partial charge in [-0.1, -0.05) is 24.3 Å². The molecule has 168 valence electrons. The van der Waals surface area contributed by atoms with Crippen molar-refractivity contribution in [3.63, 3.8) is 0 Å². The number of benzene rings is 2. The van der Waals surface area contributed by atoms with E-state index in [1.165, 1.54) is 11.1 Å². The van der Waals surface area contributed by atoms with Gasteiger partial charge in [-0.3, -0.25) is 4.79 Å². The Hall–Kier alpha value is -3.67. The molecule has 1 aliphatic carbocycles. The third kappa shape index (κ3) is 4.46. The fourth-order valence-corrected chi connectivity index (χ4v) is 4.62. The smallest absolute Gasteiger partial charge is 0.310 e. The number of furan rings is 1. The minimum absolute atomic E-state index is 0.182. The summed E-state index contributed by atoms with van der Waals surface area (Å²) in [6, 6.07) is 16.8. The maximum atomic E-state index is 12.0. The van der Waals surface area contributed by atoms with Crippen LogP contribution >= 0.6 is 0 Å². The van der Waals surface area contributed by atoms with E-state index in [1.54, 1.807) is 13.2 Å². The van der Waals surface area contributed by atoms with Gasteiger partial charge in [0.15, 0.2) is 0 Å². The number of carbonyl (C=O) groups excluding carboxylic acids is 1. The molecule has 2 aromatic carbocycles. The largest absolute Gasteiger partial charge is 0.466 e. The molecule has 4 aromatic rings. The molecule has 0 radical (unpaired) electrons. The van der Waals surface area contributed by atoms with Gasteiger partial charge in [-0.15, -0.1) is 0 Å². The number of esters is 1. The van der Waals surface area contributed by atoms with Crippen molar-refractivity contribution in [2.75, 3.05) is 11.9 Å². The van der Waals surface area contributed by atoms with Crippen molar-refractivity contribution in [3.8, 4) is 11.3 Å². The molecule has 6 heteroatoms. The van der Waals surface area contributed by atoms with Crippen LogP contribution in [-0.2, 0) is 22.4 Å². The molecule has 0 saturated heterocycles. The third-order valence-electron chi connectivity index (χ3n) is 6.12. The molecule has 33 heavy (non-hydrogen) atoms. The maximum absolute atomic E-state index is 12.0. The van der Waals surface area contributed by atoms with E-state index in [0.717, 1.165) is 52.9 Å². The Morgan fingerprint density at radius 3 is 2.94 bits per heavy atom. The van der Waals surface area contributed by atoms with E-state index in [-0.39, 0.29) is 18.4 Å². The van der Waals surface area contributed by atoms with Gasteiger partial charge in [-0.25, -0.2) is 9.97 Å². The summed E-state index contributed by atoms with van der Waals surface area (Å²) in [5.74, 6) is 1.26. The molecule has 0 aliphatic heterocycles. The molecule has 0 spiro atoms. The van der Waals surface area contributed by atoms with Crippen molar-refractivity contribution in [1.29, 1.82) is 0 Å². The second-order valence-corrected chi connectivity index (χ2v) is 8.43. The van der Waals surface area contributed by atoms with Crippen LogP contribution in [0.4, 0.5) is 5.82 Å². The van der Waals surface area contributed by atoms with Gasteiger partial charge in [-0.2, -0.15) is 0 Å². The highest BCUT2D eigenvalue weighted by atomic mass is 16.5. The van der Waals surface area contributed by atoms with E-state index in [9.17, 15) is 4.79 Å². The van der Waals surface area contributed by atoms with Gasteiger partial charge >= 0.3 is 5.97 Å². The third-order valence-corrected chi connectivity index (χ3v) is 6.12. The zero-order chi connectivity index (χ0) is 22.8. The maximum Gasteiger partial charge on any atom is 0.310 e. The topological polar surface area (TPSA) is 77.2 Å². The molecule has 2 aromatic heterocycles. The quantitative estimate of drug-likeness (QED) is 0.382. The van der Waals surface area contributed by atoms with E-state index >= 15 is 0 Å². The van der Waals surface area contributed by atoms with Crippen molar-refractivity contribution >= 4 is 22.8 Å². The van der Waals surface area contributed by atoms with E-state index in [4.69, 9.17) is 9.15 Å². The molecule has 0 bridgehead atoms. The zero-order valence-electron chi connectivity index (χ0n) is 18.9. The van der Waals surface area contributed by atoms with Crippen LogP contribution < -0.4 is 5.32 Å². The Morgan fingerprint density at radius 2 is 2.06 bits per heavy atom. The minimum atomic E-state index is -0.261. The first kappa shape index (κ1) is 21.2. The van der Waals surface area contributed by atoms with E-state index < -0.39 is 0 Å². The van der Waals surface area contributed by atoms with Crippen LogP contribution in [-0.4, -0.2) is 22.5 Å². The molecule has 0 amide bonds. The summed E-state index contributed by atoms with van der Waals surface area (Å²) in [4.78, 5) is 21.3. The first-order valence-corrected chi connectivity index (χ1v) is 11.5. The van der Waals surface area contributed by atoms with E-state index in [1.807, 2.05) is 31.2 Å². The molecule has 1 N–H and O–H groups in total. The second-order valence-electron chi connectivity index (χ2n) is 8.43. The minimum Gasteiger partial charge on any atom is -0.466 e. The molecule has 0 unspecified atom stereocenters. The number of nitrogens with zero attached hydrogens (tertiary/aromatic N) is 2. The molecule has 0 fully saturated rings. The van der Waals surface area contributed by atoms with Gasteiger partial charge in [0.1, 0.15) is 17.2 Å². The summed E-state index contributed by atoms with van der Waals surface area (Å²) >= 11 is 0. The zero-order valence-corrected chi connectivity index (χ0v) is 18.9. The SMILES string of the molecule is CCOC(=O)Cc1coc2ccc(-c3cc(N[C@@H]4CCCc5ccccc54)nc(C)n3)cc12. The lowest BCUT2D eigenvalue weighted by molar-refractivity contribution is -0.142. The first-order chi connectivity index (χ1) is 16.1. The lowest BCUT2D eigenvalue weighted by atomic mass is 9.88. The second kappa shape index (κ2) is 9.06. The first-order valence-electron chi connectivity index (χ1n) is 11.5. The van der Waals surface area contributed by atoms with Crippen molar-refractivity contribution in [3.05, 3.63) is 77.3 Å². The monoisotopic (exact) mass is 441 g/mol. The average Bonchev–Trinajstić information content (AvgIpc) is 3.21. The normalized spacial score (nSPS) is 15.3. The Morgan fingerprint density at radius 1 is 1.18 bits per heavy atom. The molecule has 1 atom stereocenters. The molecular formula is C27H27N3O3. The predicted molar refractivity (Wildman–Crippen MR) is 128 cm³/mol. The number of hydrogen-bond acceptors (Lipinski definition) is 6. The fourth-order valence-electron chi connectivity index (χ4n) is 4.62. The summed E-state index contributed by atoms with van der Waals surface area (Å²) in [5, 5.41) is 4.54. The molecular weight excluding hydrogens is 414 g/mol. The Balaban J connectivity index is 1.45. The van der Waals surface area contributed by atoms with Crippen LogP contribution in [0.1, 0.15) is 48.3 Å². The predicted octanol–water partition coefficient (Wildman–Crippen LogP) is 5.79. The Bertz CT molecular complexity index is 1310. The highest BCUT2D eigenvalue weighted by molar-refractivity contribution is 5.89. The molecule has 6 nitrogen and oxygen atoms in total. The van der Waals surface area contributed by atoms with Gasteiger partial charge < -0.3 is 14.5 Å². The van der Waals surface area contributed by atoms with Crippen LogP contribution in [0.2, 0.25) is 0 Å². The number of nitrogens with one attached hydrogen (secondary N) is 1. The van der Waals surface area contributed by atoms with Crippen LogP contribution in [0.15, 0.2) is 59.2 Å². The van der Waals surface area contributed by atoms with Gasteiger partial charge in [0.2, 0.25) is 0 Å². The molecule has 2 heterocycles. The number of aromatic nitrogens is 2. The summed E-state index contributed by atoms with van der Waals surface area (Å²) in [6.45, 7) is 4.08. The number of ether oxygens (including phenoxy) is 1. The molecule has 0 saturated carbocycles. The number of rotatable bonds is 6. The Kier molecular flexibility index (Phi) is 5.82. The molecule has 5 rings (SSSR count). The highest BCUT2D eigenvalue weighted by Gasteiger charge is 2.20. The van der Waals surface area contributed by atoms with Gasteiger partial charge in [0.05, 0.1) is 31.0 Å². The highest BCUT2D eigenvalue weighted by Crippen LogP contribution is 2.33. The Labute approximate surface area is 193 Å². The lowest BCUT2D eigenvalue weighted by Crippen LogP contribution is -2.18. The van der Waals surface area contributed by atoms with Crippen LogP contribution in [0.3, 0.4) is 0 Å². The van der Waals surface area contributed by atoms with E-state index in [0.29, 0.717) is 12.4 Å². The number of anilines is 1. The average molecular weight is 442 g/mol. The van der Waals surface area contributed by atoms with Gasteiger partial charge in [-0.05, 0) is 62.4 Å². The lowest BCUT2D eigenvalue weighted by Gasteiger charge is -2.27. The van der Waals surface area contributed by atoms with Gasteiger partial charge in [0.25, 0.3) is 0 Å². The summed E-state index contributed by atoms with van der Waals surface area (Å²) in [7, 11) is 0. The van der Waals surface area contributed by atoms with Gasteiger partial charge in [0, 0.05) is 22.6 Å². The van der Waals surface area contributed by atoms with Crippen molar-refractivity contribution in [1.82, 2.24) is 9.97 Å². The van der Waals surface area contributed by atoms with Crippen molar-refractivity contribution in [2.45, 2.75) is 45.6 Å². The summed E-state index contributed by atoms with van der Waals surface area (Å²) in [5.41, 5.74) is 6.09. The van der Waals surface area contributed by atoms with E-state index in [2.05, 4.69) is 39.6 Å². The summed E-state index contributed by atoms with van der Waals surface area (Å²) < 4.78 is 10.7. The van der Waals surface area contributed by atoms with Crippen LogP contribution in [0.25, 0.3) is 22.2 Å². The number of hydrogen-bond donors (Lipinski definition) is 1. The van der Waals surface area contributed by atoms with Crippen molar-refractivity contribution < 1.29 is 13.9 Å². The number of fused-ring (bicyclic) bond motifs is 2. The number of carbonyl (C=O) groups is 1. The molecule has 1 aliphatic rings. The summed E-state index contributed by atoms with van der Waals surface area (Å²) in [6.07, 6.45) is 5.17. The van der Waals surface area contributed by atoms with Crippen LogP contribution in [0.5, 0.6) is 0 Å². The van der Waals surface area contributed by atoms with Crippen molar-refractivity contribution in [2.24, 2.45) is 0 Å². The number of aryl methyl sites for hydroxylation is 2.